The van der Waals surface area contributed by atoms with Crippen molar-refractivity contribution in [3.05, 3.63) is 59.6 Å². The van der Waals surface area contributed by atoms with Gasteiger partial charge in [-0.3, -0.25) is 9.78 Å². The predicted molar refractivity (Wildman–Crippen MR) is 131 cm³/mol. The fourth-order valence-corrected chi connectivity index (χ4v) is 4.87. The number of carbonyl (C=O) groups excluding carboxylic acids is 2. The Bertz CT molecular complexity index is 1300. The van der Waals surface area contributed by atoms with E-state index in [1.807, 2.05) is 54.9 Å². The highest BCUT2D eigenvalue weighted by atomic mass is 32.2. The summed E-state index contributed by atoms with van der Waals surface area (Å²) in [6, 6.07) is 12.9. The van der Waals surface area contributed by atoms with Crippen molar-refractivity contribution in [3.8, 4) is 28.4 Å². The highest BCUT2D eigenvalue weighted by molar-refractivity contribution is 7.99. The Morgan fingerprint density at radius 3 is 2.59 bits per heavy atom. The molecule has 0 unspecified atom stereocenters. The van der Waals surface area contributed by atoms with Crippen molar-refractivity contribution in [2.24, 2.45) is 7.05 Å². The molecule has 1 amide bonds. The molecule has 0 atom stereocenters. The number of carbonyl (C=O) groups is 2. The molecule has 11 heteroatoms. The van der Waals surface area contributed by atoms with E-state index in [0.29, 0.717) is 38.6 Å². The number of hydrogen-bond donors (Lipinski definition) is 1. The number of rotatable bonds is 8. The van der Waals surface area contributed by atoms with E-state index in [1.165, 1.54) is 30.2 Å². The average molecular weight is 496 g/mol. The maximum absolute atomic E-state index is 12.7. The van der Waals surface area contributed by atoms with Gasteiger partial charge in [0.25, 0.3) is 0 Å². The number of esters is 1. The smallest absolute Gasteiger partial charge is 0.341 e. The Kier molecular flexibility index (Phi) is 7.24. The van der Waals surface area contributed by atoms with Crippen LogP contribution in [0.15, 0.2) is 59.2 Å². The van der Waals surface area contributed by atoms with Gasteiger partial charge in [-0.05, 0) is 29.8 Å². The minimum Gasteiger partial charge on any atom is -0.497 e. The zero-order valence-corrected chi connectivity index (χ0v) is 20.3. The van der Waals surface area contributed by atoms with Gasteiger partial charge < -0.3 is 19.4 Å². The second kappa shape index (κ2) is 10.5. The van der Waals surface area contributed by atoms with Crippen LogP contribution in [-0.2, 0) is 16.6 Å². The van der Waals surface area contributed by atoms with Gasteiger partial charge in [-0.2, -0.15) is 0 Å². The predicted octanol–water partition coefficient (Wildman–Crippen LogP) is 4.13. The topological polar surface area (TPSA) is 108 Å². The number of methoxy groups -OCH3 is 2. The zero-order valence-electron chi connectivity index (χ0n) is 18.6. The van der Waals surface area contributed by atoms with Gasteiger partial charge in [0.05, 0.1) is 20.0 Å². The molecule has 0 aliphatic heterocycles. The summed E-state index contributed by atoms with van der Waals surface area (Å²) in [7, 11) is 4.72. The summed E-state index contributed by atoms with van der Waals surface area (Å²) in [5, 5.41) is 14.0. The van der Waals surface area contributed by atoms with Crippen LogP contribution in [0.1, 0.15) is 10.4 Å². The lowest BCUT2D eigenvalue weighted by molar-refractivity contribution is -0.113. The van der Waals surface area contributed by atoms with Crippen molar-refractivity contribution in [1.29, 1.82) is 0 Å². The number of nitrogens with one attached hydrogen (secondary N) is 1. The molecular formula is C23H21N5O4S2. The number of thiophene rings is 1. The van der Waals surface area contributed by atoms with Crippen LogP contribution in [0.5, 0.6) is 5.75 Å². The molecule has 0 aliphatic carbocycles. The SMILES string of the molecule is COC(=O)c1c(-c2ccc(OC)cc2)csc1NC(=O)CSc1nnc(-c2ccccn2)n1C. The Balaban J connectivity index is 1.48. The van der Waals surface area contributed by atoms with Crippen molar-refractivity contribution in [3.63, 3.8) is 0 Å². The van der Waals surface area contributed by atoms with Crippen molar-refractivity contribution in [2.45, 2.75) is 5.16 Å². The van der Waals surface area contributed by atoms with Gasteiger partial charge in [-0.25, -0.2) is 4.79 Å². The van der Waals surface area contributed by atoms with E-state index >= 15 is 0 Å². The molecule has 34 heavy (non-hydrogen) atoms. The summed E-state index contributed by atoms with van der Waals surface area (Å²) >= 11 is 2.51. The molecule has 3 aromatic heterocycles. The maximum atomic E-state index is 12.7. The first-order valence-corrected chi connectivity index (χ1v) is 12.0. The van der Waals surface area contributed by atoms with Gasteiger partial charge in [-0.15, -0.1) is 21.5 Å². The summed E-state index contributed by atoms with van der Waals surface area (Å²) in [6.45, 7) is 0. The third-order valence-corrected chi connectivity index (χ3v) is 6.81. The lowest BCUT2D eigenvalue weighted by Crippen LogP contribution is -2.16. The van der Waals surface area contributed by atoms with E-state index in [-0.39, 0.29) is 11.7 Å². The van der Waals surface area contributed by atoms with Crippen molar-refractivity contribution < 1.29 is 19.1 Å². The number of amides is 1. The highest BCUT2D eigenvalue weighted by Crippen LogP contribution is 2.37. The molecular weight excluding hydrogens is 474 g/mol. The van der Waals surface area contributed by atoms with Crippen LogP contribution < -0.4 is 10.1 Å². The van der Waals surface area contributed by atoms with Crippen LogP contribution in [0.25, 0.3) is 22.6 Å². The largest absolute Gasteiger partial charge is 0.497 e. The van der Waals surface area contributed by atoms with E-state index < -0.39 is 5.97 Å². The number of anilines is 1. The Morgan fingerprint density at radius 1 is 1.12 bits per heavy atom. The minimum atomic E-state index is -0.525. The van der Waals surface area contributed by atoms with Crippen molar-refractivity contribution >= 4 is 40.0 Å². The first kappa shape index (κ1) is 23.5. The van der Waals surface area contributed by atoms with Crippen LogP contribution in [0, 0.1) is 0 Å². The maximum Gasteiger partial charge on any atom is 0.341 e. The molecule has 0 aliphatic rings. The van der Waals surface area contributed by atoms with Crippen molar-refractivity contribution in [2.75, 3.05) is 25.3 Å². The zero-order chi connectivity index (χ0) is 24.1. The van der Waals surface area contributed by atoms with Gasteiger partial charge in [0, 0.05) is 24.2 Å². The fourth-order valence-electron chi connectivity index (χ4n) is 3.19. The monoisotopic (exact) mass is 495 g/mol. The lowest BCUT2D eigenvalue weighted by Gasteiger charge is -2.08. The fraction of sp³-hybridized carbons (Fsp3) is 0.174. The molecule has 0 saturated carbocycles. The molecule has 4 aromatic rings. The van der Waals surface area contributed by atoms with Crippen LogP contribution >= 0.6 is 23.1 Å². The quantitative estimate of drug-likeness (QED) is 0.287. The molecule has 4 rings (SSSR count). The molecule has 0 saturated heterocycles. The van der Waals surface area contributed by atoms with Gasteiger partial charge in [0.2, 0.25) is 5.91 Å². The number of pyridine rings is 1. The van der Waals surface area contributed by atoms with Gasteiger partial charge in [0.1, 0.15) is 22.0 Å². The molecule has 3 heterocycles. The summed E-state index contributed by atoms with van der Waals surface area (Å²) in [5.41, 5.74) is 2.50. The summed E-state index contributed by atoms with van der Waals surface area (Å²) in [5.74, 6) is 0.604. The van der Waals surface area contributed by atoms with Gasteiger partial charge >= 0.3 is 5.97 Å². The van der Waals surface area contributed by atoms with E-state index in [0.717, 1.165) is 5.56 Å². The first-order valence-electron chi connectivity index (χ1n) is 10.1. The van der Waals surface area contributed by atoms with E-state index in [1.54, 1.807) is 17.9 Å². The van der Waals surface area contributed by atoms with E-state index in [9.17, 15) is 9.59 Å². The molecule has 0 radical (unpaired) electrons. The number of benzene rings is 1. The number of nitrogens with zero attached hydrogens (tertiary/aromatic N) is 4. The molecule has 1 N–H and O–H groups in total. The second-order valence-corrected chi connectivity index (χ2v) is 8.81. The summed E-state index contributed by atoms with van der Waals surface area (Å²) in [4.78, 5) is 29.5. The third kappa shape index (κ3) is 4.95. The van der Waals surface area contributed by atoms with E-state index in [4.69, 9.17) is 9.47 Å². The Hall–Kier alpha value is -3.70. The standard InChI is InChI=1S/C23H21N5O4S2/c1-28-20(17-6-4-5-11-24-17)26-27-23(28)34-13-18(29)25-21-19(22(30)32-3)16(12-33-21)14-7-9-15(31-2)10-8-14/h4-12H,13H2,1-3H3,(H,25,29). The summed E-state index contributed by atoms with van der Waals surface area (Å²) in [6.07, 6.45) is 1.68. The highest BCUT2D eigenvalue weighted by Gasteiger charge is 2.23. The second-order valence-electron chi connectivity index (χ2n) is 6.99. The number of aromatic nitrogens is 4. The van der Waals surface area contributed by atoms with Crippen LogP contribution in [0.4, 0.5) is 5.00 Å². The number of ether oxygens (including phenoxy) is 2. The normalized spacial score (nSPS) is 10.7. The van der Waals surface area contributed by atoms with Gasteiger partial charge in [0.15, 0.2) is 11.0 Å². The number of thioether (sulfide) groups is 1. The van der Waals surface area contributed by atoms with Gasteiger partial charge in [-0.1, -0.05) is 30.0 Å². The molecule has 174 valence electrons. The van der Waals surface area contributed by atoms with Crippen LogP contribution in [0.2, 0.25) is 0 Å². The molecule has 0 fully saturated rings. The Labute approximate surface area is 204 Å². The van der Waals surface area contributed by atoms with Crippen molar-refractivity contribution in [1.82, 2.24) is 19.7 Å². The number of hydrogen-bond acceptors (Lipinski definition) is 9. The molecule has 1 aromatic carbocycles. The minimum absolute atomic E-state index is 0.0879. The lowest BCUT2D eigenvalue weighted by atomic mass is 10.0. The molecule has 9 nitrogen and oxygen atoms in total. The van der Waals surface area contributed by atoms with Crippen LogP contribution in [-0.4, -0.2) is 51.6 Å². The third-order valence-electron chi connectivity index (χ3n) is 4.90. The molecule has 0 spiro atoms. The van der Waals surface area contributed by atoms with Crippen LogP contribution in [0.3, 0.4) is 0 Å². The molecule has 0 bridgehead atoms. The van der Waals surface area contributed by atoms with E-state index in [2.05, 4.69) is 20.5 Å². The Morgan fingerprint density at radius 2 is 1.91 bits per heavy atom. The summed E-state index contributed by atoms with van der Waals surface area (Å²) < 4.78 is 12.0. The first-order chi connectivity index (χ1) is 16.5. The average Bonchev–Trinajstić information content (AvgIpc) is 3.46.